The number of hydrogen-bond acceptors (Lipinski definition) is 3. The maximum atomic E-state index is 12.3. The van der Waals surface area contributed by atoms with Gasteiger partial charge >= 0.3 is 0 Å². The fourth-order valence-corrected chi connectivity index (χ4v) is 3.15. The lowest BCUT2D eigenvalue weighted by atomic mass is 9.98. The van der Waals surface area contributed by atoms with Crippen LogP contribution in [0.3, 0.4) is 0 Å². The first kappa shape index (κ1) is 17.3. The summed E-state index contributed by atoms with van der Waals surface area (Å²) < 4.78 is 11.3. The molecule has 4 heteroatoms. The standard InChI is InChI=1S/C21H25NO3/c1-3-17-13-19-20(25-12-11-24-19)14-18(17)15(2)22-21(23)10-9-16-7-5-4-6-8-16/h4-8,13-15H,3,9-12H2,1-2H3,(H,22,23)/t15-/m1/s1. The first-order valence-electron chi connectivity index (χ1n) is 8.93. The van der Waals surface area contributed by atoms with E-state index >= 15 is 0 Å². The molecular formula is C21H25NO3. The second-order valence-electron chi connectivity index (χ2n) is 6.32. The van der Waals surface area contributed by atoms with E-state index in [0.29, 0.717) is 19.6 Å². The summed E-state index contributed by atoms with van der Waals surface area (Å²) >= 11 is 0. The molecule has 0 saturated heterocycles. The molecule has 4 nitrogen and oxygen atoms in total. The minimum absolute atomic E-state index is 0.0611. The van der Waals surface area contributed by atoms with Crippen molar-refractivity contribution in [2.24, 2.45) is 0 Å². The van der Waals surface area contributed by atoms with Crippen molar-refractivity contribution in [3.63, 3.8) is 0 Å². The molecule has 2 aromatic carbocycles. The summed E-state index contributed by atoms with van der Waals surface area (Å²) in [6.07, 6.45) is 2.12. The van der Waals surface area contributed by atoms with E-state index in [4.69, 9.17) is 9.47 Å². The Kier molecular flexibility index (Phi) is 5.59. The molecule has 0 aromatic heterocycles. The van der Waals surface area contributed by atoms with E-state index in [0.717, 1.165) is 29.9 Å². The smallest absolute Gasteiger partial charge is 0.220 e. The molecule has 1 aliphatic heterocycles. The van der Waals surface area contributed by atoms with E-state index in [1.807, 2.05) is 49.4 Å². The van der Waals surface area contributed by atoms with Crippen LogP contribution in [0.1, 0.15) is 43.0 Å². The molecule has 1 amide bonds. The number of hydrogen-bond donors (Lipinski definition) is 1. The molecule has 132 valence electrons. The fraction of sp³-hybridized carbons (Fsp3) is 0.381. The maximum Gasteiger partial charge on any atom is 0.220 e. The second kappa shape index (κ2) is 8.06. The quantitative estimate of drug-likeness (QED) is 0.870. The summed E-state index contributed by atoms with van der Waals surface area (Å²) in [6.45, 7) is 5.28. The van der Waals surface area contributed by atoms with Gasteiger partial charge in [0.1, 0.15) is 13.2 Å². The van der Waals surface area contributed by atoms with Crippen LogP contribution in [0.4, 0.5) is 0 Å². The number of rotatable bonds is 6. The number of ether oxygens (including phenoxy) is 2. The van der Waals surface area contributed by atoms with Gasteiger partial charge < -0.3 is 14.8 Å². The molecule has 0 radical (unpaired) electrons. The zero-order chi connectivity index (χ0) is 17.6. The van der Waals surface area contributed by atoms with Crippen molar-refractivity contribution in [1.29, 1.82) is 0 Å². The number of benzene rings is 2. The molecule has 0 saturated carbocycles. The summed E-state index contributed by atoms with van der Waals surface area (Å²) in [5.41, 5.74) is 3.46. The van der Waals surface area contributed by atoms with E-state index in [1.54, 1.807) is 0 Å². The normalized spacial score (nSPS) is 14.0. The van der Waals surface area contributed by atoms with Gasteiger partial charge in [-0.15, -0.1) is 0 Å². The molecule has 1 atom stereocenters. The van der Waals surface area contributed by atoms with Crippen molar-refractivity contribution in [1.82, 2.24) is 5.32 Å². The third kappa shape index (κ3) is 4.32. The van der Waals surface area contributed by atoms with Crippen LogP contribution in [0.25, 0.3) is 0 Å². The summed E-state index contributed by atoms with van der Waals surface area (Å²) in [7, 11) is 0. The van der Waals surface area contributed by atoms with Gasteiger partial charge in [0, 0.05) is 6.42 Å². The van der Waals surface area contributed by atoms with Crippen LogP contribution in [0, 0.1) is 0 Å². The molecule has 2 aromatic rings. The van der Waals surface area contributed by atoms with Gasteiger partial charge in [0.15, 0.2) is 11.5 Å². The van der Waals surface area contributed by atoms with Gasteiger partial charge in [-0.3, -0.25) is 4.79 Å². The van der Waals surface area contributed by atoms with Crippen LogP contribution in [0.5, 0.6) is 11.5 Å². The van der Waals surface area contributed by atoms with Crippen molar-refractivity contribution in [3.8, 4) is 11.5 Å². The summed E-state index contributed by atoms with van der Waals surface area (Å²) in [4.78, 5) is 12.3. The highest BCUT2D eigenvalue weighted by molar-refractivity contribution is 5.76. The Balaban J connectivity index is 1.65. The Morgan fingerprint density at radius 1 is 1.12 bits per heavy atom. The number of fused-ring (bicyclic) bond motifs is 1. The predicted octanol–water partition coefficient (Wildman–Crippen LogP) is 3.83. The zero-order valence-corrected chi connectivity index (χ0v) is 14.9. The molecule has 25 heavy (non-hydrogen) atoms. The van der Waals surface area contributed by atoms with Gasteiger partial charge in [0.05, 0.1) is 6.04 Å². The van der Waals surface area contributed by atoms with Crippen LogP contribution in [-0.2, 0) is 17.6 Å². The zero-order valence-electron chi connectivity index (χ0n) is 14.9. The van der Waals surface area contributed by atoms with Crippen LogP contribution < -0.4 is 14.8 Å². The van der Waals surface area contributed by atoms with Crippen LogP contribution >= 0.6 is 0 Å². The Bertz CT molecular complexity index is 727. The molecule has 0 unspecified atom stereocenters. The Hall–Kier alpha value is -2.49. The lowest BCUT2D eigenvalue weighted by Gasteiger charge is -2.24. The average molecular weight is 339 g/mol. The molecule has 1 aliphatic rings. The second-order valence-corrected chi connectivity index (χ2v) is 6.32. The number of carbonyl (C=O) groups is 1. The van der Waals surface area contributed by atoms with E-state index < -0.39 is 0 Å². The number of aryl methyl sites for hydroxylation is 2. The van der Waals surface area contributed by atoms with Crippen molar-refractivity contribution in [2.75, 3.05) is 13.2 Å². The van der Waals surface area contributed by atoms with Gasteiger partial charge in [0.2, 0.25) is 5.91 Å². The van der Waals surface area contributed by atoms with Gasteiger partial charge in [-0.05, 0) is 48.6 Å². The number of amides is 1. The Labute approximate surface area is 149 Å². The molecule has 0 bridgehead atoms. The van der Waals surface area contributed by atoms with Gasteiger partial charge in [-0.2, -0.15) is 0 Å². The van der Waals surface area contributed by atoms with Gasteiger partial charge in [-0.25, -0.2) is 0 Å². The molecule has 0 spiro atoms. The average Bonchev–Trinajstić information content (AvgIpc) is 2.66. The lowest BCUT2D eigenvalue weighted by Crippen LogP contribution is -2.27. The summed E-state index contributed by atoms with van der Waals surface area (Å²) in [5, 5.41) is 3.11. The highest BCUT2D eigenvalue weighted by Crippen LogP contribution is 2.35. The Morgan fingerprint density at radius 3 is 2.48 bits per heavy atom. The SMILES string of the molecule is CCc1cc2c(cc1[C@@H](C)NC(=O)CCc1ccccc1)OCCO2. The third-order valence-corrected chi connectivity index (χ3v) is 4.51. The first-order valence-corrected chi connectivity index (χ1v) is 8.93. The van der Waals surface area contributed by atoms with Crippen molar-refractivity contribution in [2.45, 2.75) is 39.2 Å². The fourth-order valence-electron chi connectivity index (χ4n) is 3.15. The summed E-state index contributed by atoms with van der Waals surface area (Å²) in [6, 6.07) is 14.1. The first-order chi connectivity index (χ1) is 12.2. The topological polar surface area (TPSA) is 47.6 Å². The monoisotopic (exact) mass is 339 g/mol. The molecule has 3 rings (SSSR count). The van der Waals surface area contributed by atoms with E-state index in [2.05, 4.69) is 12.2 Å². The lowest BCUT2D eigenvalue weighted by molar-refractivity contribution is -0.121. The minimum Gasteiger partial charge on any atom is -0.486 e. The van der Waals surface area contributed by atoms with E-state index in [9.17, 15) is 4.79 Å². The molecule has 0 fully saturated rings. The van der Waals surface area contributed by atoms with Crippen molar-refractivity contribution < 1.29 is 14.3 Å². The van der Waals surface area contributed by atoms with E-state index in [1.165, 1.54) is 11.1 Å². The highest BCUT2D eigenvalue weighted by Gasteiger charge is 2.19. The van der Waals surface area contributed by atoms with Crippen LogP contribution in [0.2, 0.25) is 0 Å². The largest absolute Gasteiger partial charge is 0.486 e. The molecular weight excluding hydrogens is 314 g/mol. The maximum absolute atomic E-state index is 12.3. The van der Waals surface area contributed by atoms with Gasteiger partial charge in [0.25, 0.3) is 0 Å². The third-order valence-electron chi connectivity index (χ3n) is 4.51. The Morgan fingerprint density at radius 2 is 1.80 bits per heavy atom. The highest BCUT2D eigenvalue weighted by atomic mass is 16.6. The van der Waals surface area contributed by atoms with Crippen molar-refractivity contribution >= 4 is 5.91 Å². The molecule has 0 aliphatic carbocycles. The van der Waals surface area contributed by atoms with Crippen LogP contribution in [0.15, 0.2) is 42.5 Å². The van der Waals surface area contributed by atoms with E-state index in [-0.39, 0.29) is 11.9 Å². The molecule has 1 N–H and O–H groups in total. The minimum atomic E-state index is -0.0611. The predicted molar refractivity (Wildman–Crippen MR) is 98.1 cm³/mol. The number of nitrogens with one attached hydrogen (secondary N) is 1. The number of carbonyl (C=O) groups excluding carboxylic acids is 1. The van der Waals surface area contributed by atoms with Crippen LogP contribution in [-0.4, -0.2) is 19.1 Å². The molecule has 1 heterocycles. The summed E-state index contributed by atoms with van der Waals surface area (Å²) in [5.74, 6) is 1.63. The van der Waals surface area contributed by atoms with Crippen molar-refractivity contribution in [3.05, 3.63) is 59.2 Å². The van der Waals surface area contributed by atoms with Gasteiger partial charge in [-0.1, -0.05) is 37.3 Å².